The fourth-order valence-electron chi connectivity index (χ4n) is 1.51. The molecule has 0 saturated carbocycles. The molecule has 0 saturated heterocycles. The van der Waals surface area contributed by atoms with E-state index >= 15 is 0 Å². The maximum absolute atomic E-state index is 11.4. The van der Waals surface area contributed by atoms with Gasteiger partial charge in [-0.15, -0.1) is 0 Å². The fourth-order valence-corrected chi connectivity index (χ4v) is 1.51. The highest BCUT2D eigenvalue weighted by Gasteiger charge is 2.09. The first kappa shape index (κ1) is 15.5. The van der Waals surface area contributed by atoms with E-state index in [1.807, 2.05) is 31.2 Å². The quantitative estimate of drug-likeness (QED) is 0.603. The third kappa shape index (κ3) is 6.22. The zero-order chi connectivity index (χ0) is 14.1. The van der Waals surface area contributed by atoms with Gasteiger partial charge in [0.25, 0.3) is 0 Å². The Hall–Kier alpha value is -1.59. The van der Waals surface area contributed by atoms with E-state index in [4.69, 9.17) is 14.9 Å². The molecular weight excluding hydrogens is 246 g/mol. The highest BCUT2D eigenvalue weighted by Crippen LogP contribution is 2.11. The van der Waals surface area contributed by atoms with E-state index in [1.54, 1.807) is 0 Å². The number of amides is 1. The first-order valence-corrected chi connectivity index (χ1v) is 6.36. The van der Waals surface area contributed by atoms with E-state index in [0.717, 1.165) is 5.75 Å². The van der Waals surface area contributed by atoms with Crippen molar-refractivity contribution in [1.82, 2.24) is 5.32 Å². The number of nitrogens with one attached hydrogen (secondary N) is 1. The van der Waals surface area contributed by atoms with Gasteiger partial charge in [-0.3, -0.25) is 4.79 Å². The molecule has 5 heteroatoms. The van der Waals surface area contributed by atoms with Crippen LogP contribution < -0.4 is 10.1 Å². The number of hydrogen-bond acceptors (Lipinski definition) is 4. The molecule has 0 bridgehead atoms. The average Bonchev–Trinajstić information content (AvgIpc) is 2.43. The molecule has 0 fully saturated rings. The number of aliphatic hydroxyl groups excluding tert-OH is 2. The summed E-state index contributed by atoms with van der Waals surface area (Å²) in [6.45, 7) is 1.94. The molecule has 0 atom stereocenters. The standard InChI is InChI=1S/C14H21NO4/c1-11-4-6-13(7-5-11)19-8-2-3-14(18)15-12(9-16)10-17/h4-7,12,16-17H,2-3,8-10H2,1H3,(H,15,18). The van der Waals surface area contributed by atoms with Crippen molar-refractivity contribution in [3.8, 4) is 5.75 Å². The Morgan fingerprint density at radius 1 is 1.26 bits per heavy atom. The second-order valence-electron chi connectivity index (χ2n) is 4.39. The van der Waals surface area contributed by atoms with Crippen LogP contribution >= 0.6 is 0 Å². The molecule has 0 aliphatic heterocycles. The Morgan fingerprint density at radius 2 is 1.89 bits per heavy atom. The second kappa shape index (κ2) is 8.50. The fraction of sp³-hybridized carbons (Fsp3) is 0.500. The second-order valence-corrected chi connectivity index (χ2v) is 4.39. The number of carbonyl (C=O) groups excluding carboxylic acids is 1. The minimum atomic E-state index is -0.578. The first-order chi connectivity index (χ1) is 9.15. The van der Waals surface area contributed by atoms with Crippen molar-refractivity contribution in [3.63, 3.8) is 0 Å². The van der Waals surface area contributed by atoms with Gasteiger partial charge in [-0.05, 0) is 25.5 Å². The Balaban J connectivity index is 2.16. The van der Waals surface area contributed by atoms with Crippen molar-refractivity contribution >= 4 is 5.91 Å². The van der Waals surface area contributed by atoms with Gasteiger partial charge in [0.2, 0.25) is 5.91 Å². The van der Waals surface area contributed by atoms with Crippen molar-refractivity contribution < 1.29 is 19.7 Å². The summed E-state index contributed by atoms with van der Waals surface area (Å²) in [5.74, 6) is 0.593. The van der Waals surface area contributed by atoms with Crippen LogP contribution in [0.4, 0.5) is 0 Å². The van der Waals surface area contributed by atoms with Gasteiger partial charge >= 0.3 is 0 Å². The summed E-state index contributed by atoms with van der Waals surface area (Å²) in [7, 11) is 0. The van der Waals surface area contributed by atoms with Crippen molar-refractivity contribution in [1.29, 1.82) is 0 Å². The van der Waals surface area contributed by atoms with E-state index in [9.17, 15) is 4.79 Å². The normalized spacial score (nSPS) is 10.5. The molecule has 1 aromatic rings. The van der Waals surface area contributed by atoms with Crippen LogP contribution in [0.15, 0.2) is 24.3 Å². The number of rotatable bonds is 8. The van der Waals surface area contributed by atoms with Gasteiger partial charge in [-0.25, -0.2) is 0 Å². The molecule has 1 amide bonds. The summed E-state index contributed by atoms with van der Waals surface area (Å²) in [6, 6.07) is 7.14. The van der Waals surface area contributed by atoms with Crippen molar-refractivity contribution in [2.24, 2.45) is 0 Å². The van der Waals surface area contributed by atoms with Crippen LogP contribution in [0.25, 0.3) is 0 Å². The molecule has 1 aromatic carbocycles. The number of carbonyl (C=O) groups is 1. The Morgan fingerprint density at radius 3 is 2.47 bits per heavy atom. The highest BCUT2D eigenvalue weighted by atomic mass is 16.5. The van der Waals surface area contributed by atoms with Crippen LogP contribution in [0.5, 0.6) is 5.75 Å². The van der Waals surface area contributed by atoms with Crippen molar-refractivity contribution in [2.45, 2.75) is 25.8 Å². The molecule has 106 valence electrons. The first-order valence-electron chi connectivity index (χ1n) is 6.36. The van der Waals surface area contributed by atoms with Gasteiger partial charge in [-0.1, -0.05) is 17.7 Å². The smallest absolute Gasteiger partial charge is 0.220 e. The lowest BCUT2D eigenvalue weighted by atomic mass is 10.2. The minimum absolute atomic E-state index is 0.194. The molecule has 5 nitrogen and oxygen atoms in total. The molecule has 0 spiro atoms. The Labute approximate surface area is 113 Å². The van der Waals surface area contributed by atoms with E-state index < -0.39 is 6.04 Å². The summed E-state index contributed by atoms with van der Waals surface area (Å²) in [6.07, 6.45) is 0.894. The average molecular weight is 267 g/mol. The zero-order valence-electron chi connectivity index (χ0n) is 11.1. The topological polar surface area (TPSA) is 78.8 Å². The number of aliphatic hydroxyl groups is 2. The van der Waals surface area contributed by atoms with Gasteiger partial charge in [0.1, 0.15) is 5.75 Å². The predicted molar refractivity (Wildman–Crippen MR) is 72.0 cm³/mol. The molecule has 0 heterocycles. The van der Waals surface area contributed by atoms with E-state index in [2.05, 4.69) is 5.32 Å². The van der Waals surface area contributed by atoms with E-state index in [-0.39, 0.29) is 19.1 Å². The maximum Gasteiger partial charge on any atom is 0.220 e. The zero-order valence-corrected chi connectivity index (χ0v) is 11.1. The Bertz CT molecular complexity index is 374. The summed E-state index contributed by atoms with van der Waals surface area (Å²) in [4.78, 5) is 11.4. The predicted octanol–water partition coefficient (Wildman–Crippen LogP) is 0.623. The van der Waals surface area contributed by atoms with Crippen molar-refractivity contribution in [2.75, 3.05) is 19.8 Å². The summed E-state index contributed by atoms with van der Waals surface area (Å²) in [5.41, 5.74) is 1.17. The summed E-state index contributed by atoms with van der Waals surface area (Å²) >= 11 is 0. The number of benzene rings is 1. The third-order valence-corrected chi connectivity index (χ3v) is 2.64. The molecule has 0 aromatic heterocycles. The van der Waals surface area contributed by atoms with E-state index in [0.29, 0.717) is 19.4 Å². The lowest BCUT2D eigenvalue weighted by Crippen LogP contribution is -2.40. The molecule has 0 aliphatic rings. The Kier molecular flexibility index (Phi) is 6.92. The van der Waals surface area contributed by atoms with Gasteiger partial charge < -0.3 is 20.3 Å². The largest absolute Gasteiger partial charge is 0.494 e. The monoisotopic (exact) mass is 267 g/mol. The molecular formula is C14H21NO4. The van der Waals surface area contributed by atoms with Gasteiger partial charge in [-0.2, -0.15) is 0 Å². The third-order valence-electron chi connectivity index (χ3n) is 2.64. The summed E-state index contributed by atoms with van der Waals surface area (Å²) in [5, 5.41) is 20.2. The number of aryl methyl sites for hydroxylation is 1. The molecule has 0 aliphatic carbocycles. The SMILES string of the molecule is Cc1ccc(OCCCC(=O)NC(CO)CO)cc1. The van der Waals surface area contributed by atoms with E-state index in [1.165, 1.54) is 5.56 Å². The molecule has 1 rings (SSSR count). The lowest BCUT2D eigenvalue weighted by Gasteiger charge is -2.13. The van der Waals surface area contributed by atoms with Crippen LogP contribution in [0.2, 0.25) is 0 Å². The minimum Gasteiger partial charge on any atom is -0.494 e. The number of hydrogen-bond donors (Lipinski definition) is 3. The van der Waals surface area contributed by atoms with Crippen LogP contribution in [0.1, 0.15) is 18.4 Å². The molecule has 0 radical (unpaired) electrons. The van der Waals surface area contributed by atoms with Crippen LogP contribution in [-0.4, -0.2) is 42.0 Å². The summed E-state index contributed by atoms with van der Waals surface area (Å²) < 4.78 is 5.49. The molecule has 19 heavy (non-hydrogen) atoms. The van der Waals surface area contributed by atoms with Crippen LogP contribution in [0, 0.1) is 6.92 Å². The maximum atomic E-state index is 11.4. The molecule has 3 N–H and O–H groups in total. The van der Waals surface area contributed by atoms with Gasteiger partial charge in [0, 0.05) is 6.42 Å². The number of ether oxygens (including phenoxy) is 1. The van der Waals surface area contributed by atoms with Gasteiger partial charge in [0.15, 0.2) is 0 Å². The van der Waals surface area contributed by atoms with Gasteiger partial charge in [0.05, 0.1) is 25.9 Å². The lowest BCUT2D eigenvalue weighted by molar-refractivity contribution is -0.122. The molecule has 0 unspecified atom stereocenters. The van der Waals surface area contributed by atoms with Crippen LogP contribution in [0.3, 0.4) is 0 Å². The van der Waals surface area contributed by atoms with Crippen LogP contribution in [-0.2, 0) is 4.79 Å². The van der Waals surface area contributed by atoms with Crippen molar-refractivity contribution in [3.05, 3.63) is 29.8 Å². The highest BCUT2D eigenvalue weighted by molar-refractivity contribution is 5.76.